The molecule has 0 bridgehead atoms. The molecule has 25 heavy (non-hydrogen) atoms. The molecule has 0 amide bonds. The minimum atomic E-state index is -0.689. The monoisotopic (exact) mass is 348 g/mol. The van der Waals surface area contributed by atoms with Gasteiger partial charge < -0.3 is 14.6 Å². The first-order chi connectivity index (χ1) is 11.9. The van der Waals surface area contributed by atoms with Crippen molar-refractivity contribution in [3.63, 3.8) is 0 Å². The Hall–Kier alpha value is -1.46. The summed E-state index contributed by atoms with van der Waals surface area (Å²) in [5.74, 6) is -1.32. The number of carbonyl (C=O) groups is 2. The van der Waals surface area contributed by atoms with Crippen molar-refractivity contribution in [2.24, 2.45) is 17.8 Å². The van der Waals surface area contributed by atoms with Crippen LogP contribution in [0.4, 0.5) is 0 Å². The van der Waals surface area contributed by atoms with Gasteiger partial charge in [0.15, 0.2) is 0 Å². The molecule has 2 heterocycles. The van der Waals surface area contributed by atoms with E-state index in [1.165, 1.54) is 5.57 Å². The zero-order valence-electron chi connectivity index (χ0n) is 15.2. The molecule has 3 rings (SSSR count). The van der Waals surface area contributed by atoms with Crippen LogP contribution in [0.5, 0.6) is 0 Å². The molecular formula is C20H28O5. The summed E-state index contributed by atoms with van der Waals surface area (Å²) in [4.78, 5) is 24.1. The molecular weight excluding hydrogens is 320 g/mol. The van der Waals surface area contributed by atoms with E-state index in [0.717, 1.165) is 19.1 Å². The molecule has 1 N–H and O–H groups in total. The third kappa shape index (κ3) is 3.72. The maximum absolute atomic E-state index is 12.4. The van der Waals surface area contributed by atoms with Gasteiger partial charge in [0.2, 0.25) is 0 Å². The fraction of sp³-hybridized carbons (Fsp3) is 0.700. The average molecular weight is 348 g/mol. The van der Waals surface area contributed by atoms with Crippen molar-refractivity contribution in [1.82, 2.24) is 0 Å². The molecule has 5 heteroatoms. The zero-order chi connectivity index (χ0) is 18.2. The third-order valence-electron chi connectivity index (χ3n) is 5.87. The third-order valence-corrected chi connectivity index (χ3v) is 5.87. The summed E-state index contributed by atoms with van der Waals surface area (Å²) in [7, 11) is 0. The summed E-state index contributed by atoms with van der Waals surface area (Å²) < 4.78 is 11.1. The number of hydrogen-bond donors (Lipinski definition) is 1. The Labute approximate surface area is 149 Å². The van der Waals surface area contributed by atoms with Crippen LogP contribution >= 0.6 is 0 Å². The van der Waals surface area contributed by atoms with Crippen molar-refractivity contribution in [3.05, 3.63) is 23.3 Å². The molecule has 2 saturated heterocycles. The lowest BCUT2D eigenvalue weighted by molar-refractivity contribution is -0.165. The number of cyclic esters (lactones) is 1. The molecule has 3 aliphatic rings. The van der Waals surface area contributed by atoms with Crippen molar-refractivity contribution in [3.8, 4) is 0 Å². The fourth-order valence-electron chi connectivity index (χ4n) is 4.39. The van der Waals surface area contributed by atoms with Crippen molar-refractivity contribution in [1.29, 1.82) is 0 Å². The summed E-state index contributed by atoms with van der Waals surface area (Å²) in [5, 5.41) is 11.0. The molecule has 5 nitrogen and oxygen atoms in total. The summed E-state index contributed by atoms with van der Waals surface area (Å²) in [5.41, 5.74) is 1.32. The summed E-state index contributed by atoms with van der Waals surface area (Å²) >= 11 is 0. The average Bonchev–Trinajstić information content (AvgIpc) is 3.17. The minimum Gasteiger partial charge on any atom is -0.465 e. The van der Waals surface area contributed by atoms with E-state index in [9.17, 15) is 14.7 Å². The number of epoxide rings is 1. The van der Waals surface area contributed by atoms with Gasteiger partial charge in [-0.3, -0.25) is 9.59 Å². The molecule has 0 aromatic carbocycles. The topological polar surface area (TPSA) is 76.1 Å². The molecule has 2 aliphatic heterocycles. The molecule has 1 aliphatic carbocycles. The van der Waals surface area contributed by atoms with Crippen LogP contribution in [0.25, 0.3) is 0 Å². The number of hydrogen-bond acceptors (Lipinski definition) is 5. The van der Waals surface area contributed by atoms with Crippen molar-refractivity contribution >= 4 is 12.3 Å². The first kappa shape index (κ1) is 18.3. The van der Waals surface area contributed by atoms with Crippen LogP contribution in [-0.2, 0) is 19.1 Å². The Kier molecular flexibility index (Phi) is 5.16. The van der Waals surface area contributed by atoms with Crippen LogP contribution in [0.1, 0.15) is 46.5 Å². The normalized spacial score (nSPS) is 42.3. The lowest BCUT2D eigenvalue weighted by atomic mass is 9.70. The zero-order valence-corrected chi connectivity index (χ0v) is 15.2. The second-order valence-electron chi connectivity index (χ2n) is 8.05. The second kappa shape index (κ2) is 7.04. The number of aliphatic hydroxyl groups excluding tert-OH is 1. The number of rotatable bonds is 4. The van der Waals surface area contributed by atoms with E-state index in [1.807, 2.05) is 6.92 Å². The lowest BCUT2D eigenvalue weighted by Gasteiger charge is -2.40. The molecule has 138 valence electrons. The van der Waals surface area contributed by atoms with E-state index < -0.39 is 12.0 Å². The highest BCUT2D eigenvalue weighted by molar-refractivity contribution is 5.88. The van der Waals surface area contributed by atoms with Crippen molar-refractivity contribution < 1.29 is 24.2 Å². The first-order valence-electron chi connectivity index (χ1n) is 9.17. The van der Waals surface area contributed by atoms with Crippen molar-refractivity contribution in [2.75, 3.05) is 6.61 Å². The lowest BCUT2D eigenvalue weighted by Crippen LogP contribution is -2.47. The van der Waals surface area contributed by atoms with Crippen molar-refractivity contribution in [2.45, 2.75) is 64.3 Å². The minimum absolute atomic E-state index is 0.0115. The molecule has 2 fully saturated rings. The quantitative estimate of drug-likeness (QED) is 0.366. The van der Waals surface area contributed by atoms with E-state index in [2.05, 4.69) is 19.9 Å². The standard InChI is InChI=1S/C20H28O5/c1-12(2)5-4-6-14-11-24-19(23)18-13(10-21)7-8-16-20(3,25-16)9-15(22)17(14)18/h5,7,10,14-18,22H,4,6,8-9,11H2,1-3H3/b13-7-/t14-,15-,16+,17-,18-,20+/m0/s1. The summed E-state index contributed by atoms with van der Waals surface area (Å²) in [6.07, 6.45) is 6.81. The maximum atomic E-state index is 12.4. The predicted molar refractivity (Wildman–Crippen MR) is 92.8 cm³/mol. The van der Waals surface area contributed by atoms with Crippen LogP contribution in [-0.4, -0.2) is 41.8 Å². The molecule has 0 saturated carbocycles. The van der Waals surface area contributed by atoms with Crippen LogP contribution < -0.4 is 0 Å². The van der Waals surface area contributed by atoms with Gasteiger partial charge in [0, 0.05) is 17.9 Å². The van der Waals surface area contributed by atoms with E-state index in [4.69, 9.17) is 9.47 Å². The van der Waals surface area contributed by atoms with Gasteiger partial charge in [-0.05, 0) is 46.0 Å². The van der Waals surface area contributed by atoms with E-state index >= 15 is 0 Å². The summed E-state index contributed by atoms with van der Waals surface area (Å²) in [6, 6.07) is 0. The largest absolute Gasteiger partial charge is 0.465 e. The van der Waals surface area contributed by atoms with Gasteiger partial charge in [-0.15, -0.1) is 0 Å². The molecule has 0 spiro atoms. The molecule has 0 unspecified atom stereocenters. The Morgan fingerprint density at radius 1 is 1.44 bits per heavy atom. The van der Waals surface area contributed by atoms with Gasteiger partial charge >= 0.3 is 5.97 Å². The van der Waals surface area contributed by atoms with Gasteiger partial charge in [0.1, 0.15) is 6.29 Å². The Morgan fingerprint density at radius 2 is 2.20 bits per heavy atom. The smallest absolute Gasteiger partial charge is 0.313 e. The highest BCUT2D eigenvalue weighted by atomic mass is 16.6. The van der Waals surface area contributed by atoms with Gasteiger partial charge in [0.05, 0.1) is 30.3 Å². The molecule has 0 aromatic rings. The number of esters is 1. The Balaban J connectivity index is 1.90. The van der Waals surface area contributed by atoms with E-state index in [0.29, 0.717) is 25.0 Å². The Bertz CT molecular complexity index is 603. The molecule has 0 aromatic heterocycles. The predicted octanol–water partition coefficient (Wildman–Crippen LogP) is 2.58. The highest BCUT2D eigenvalue weighted by Crippen LogP contribution is 2.48. The second-order valence-corrected chi connectivity index (χ2v) is 8.05. The van der Waals surface area contributed by atoms with Gasteiger partial charge in [0.25, 0.3) is 0 Å². The fourth-order valence-corrected chi connectivity index (χ4v) is 4.39. The number of ether oxygens (including phenoxy) is 2. The van der Waals surface area contributed by atoms with Crippen LogP contribution in [0.3, 0.4) is 0 Å². The van der Waals surface area contributed by atoms with Crippen LogP contribution in [0.15, 0.2) is 23.3 Å². The highest BCUT2D eigenvalue weighted by Gasteiger charge is 2.56. The number of carbonyl (C=O) groups excluding carboxylic acids is 2. The van der Waals surface area contributed by atoms with E-state index in [-0.39, 0.29) is 29.5 Å². The number of aldehydes is 1. The van der Waals surface area contributed by atoms with E-state index in [1.54, 1.807) is 6.08 Å². The SMILES string of the molecule is CC(C)=CCC[C@H]1COC(=O)[C@H]2/C(C=O)=C\C[C@H]3O[C@]3(C)C[C@H](O)[C@H]12. The van der Waals surface area contributed by atoms with Crippen LogP contribution in [0.2, 0.25) is 0 Å². The number of allylic oxidation sites excluding steroid dienone is 2. The van der Waals surface area contributed by atoms with Gasteiger partial charge in [-0.1, -0.05) is 17.7 Å². The first-order valence-corrected chi connectivity index (χ1v) is 9.17. The maximum Gasteiger partial charge on any atom is 0.313 e. The summed E-state index contributed by atoms with van der Waals surface area (Å²) in [6.45, 7) is 6.41. The molecule has 6 atom stereocenters. The number of fused-ring (bicyclic) bond motifs is 2. The molecule has 0 radical (unpaired) electrons. The van der Waals surface area contributed by atoms with Gasteiger partial charge in [-0.2, -0.15) is 0 Å². The van der Waals surface area contributed by atoms with Gasteiger partial charge in [-0.25, -0.2) is 0 Å². The van der Waals surface area contributed by atoms with Crippen LogP contribution in [0, 0.1) is 17.8 Å². The Morgan fingerprint density at radius 3 is 2.88 bits per heavy atom. The number of aliphatic hydroxyl groups is 1.